The molecule has 0 spiro atoms. The molecule has 0 bridgehead atoms. The summed E-state index contributed by atoms with van der Waals surface area (Å²) in [5.41, 5.74) is 6.42. The van der Waals surface area contributed by atoms with Crippen molar-refractivity contribution in [1.82, 2.24) is 0 Å². The van der Waals surface area contributed by atoms with Crippen LogP contribution >= 0.6 is 12.2 Å². The molecule has 136 valence electrons. The minimum Gasteiger partial charge on any atom is -0.411 e. The monoisotopic (exact) mass is 435 g/mol. The Balaban J connectivity index is 0.00000240. The fourth-order valence-corrected chi connectivity index (χ4v) is 3.78. The molecule has 1 nitrogen and oxygen atoms in total. The number of hydrogen-bond donors (Lipinski definition) is 0. The van der Waals surface area contributed by atoms with Crippen molar-refractivity contribution in [2.75, 3.05) is 4.90 Å². The molecular formula is C25H18KNS2. The Labute approximate surface area is 225 Å². The summed E-state index contributed by atoms with van der Waals surface area (Å²) in [4.78, 5) is 2.00. The van der Waals surface area contributed by atoms with E-state index in [1.54, 1.807) is 0 Å². The molecule has 29 heavy (non-hydrogen) atoms. The maximum atomic E-state index is 5.54. The van der Waals surface area contributed by atoms with Crippen molar-refractivity contribution in [2.45, 2.75) is 0 Å². The van der Waals surface area contributed by atoms with Crippen LogP contribution in [0.4, 0.5) is 11.4 Å². The van der Waals surface area contributed by atoms with Gasteiger partial charge < -0.3 is 29.7 Å². The molecule has 4 rings (SSSR count). The SMILES string of the molecule is S=C([S-])N(c1ccccc1-c1ccccc1)c1ccccc1-c1ccccc1.[K+]. The maximum Gasteiger partial charge on any atom is 1.00 e. The summed E-state index contributed by atoms with van der Waals surface area (Å²) in [7, 11) is 0. The van der Waals surface area contributed by atoms with E-state index in [4.69, 9.17) is 24.8 Å². The van der Waals surface area contributed by atoms with Crippen LogP contribution in [0, 0.1) is 0 Å². The van der Waals surface area contributed by atoms with Gasteiger partial charge in [-0.15, -0.1) is 0 Å². The van der Waals surface area contributed by atoms with E-state index >= 15 is 0 Å². The number of hydrogen-bond acceptors (Lipinski definition) is 2. The molecule has 4 heteroatoms. The van der Waals surface area contributed by atoms with Crippen molar-refractivity contribution in [3.63, 3.8) is 0 Å². The summed E-state index contributed by atoms with van der Waals surface area (Å²) in [6, 6.07) is 37.1. The summed E-state index contributed by atoms with van der Waals surface area (Å²) in [6.07, 6.45) is 0. The van der Waals surface area contributed by atoms with Crippen LogP contribution in [0.5, 0.6) is 0 Å². The minimum absolute atomic E-state index is 0. The number of anilines is 2. The normalized spacial score (nSPS) is 10.1. The number of nitrogens with zero attached hydrogens (tertiary/aromatic N) is 1. The molecule has 4 aromatic carbocycles. The van der Waals surface area contributed by atoms with Crippen LogP contribution in [-0.4, -0.2) is 4.32 Å². The Kier molecular flexibility index (Phi) is 8.15. The van der Waals surface area contributed by atoms with E-state index in [1.807, 2.05) is 65.6 Å². The third-order valence-electron chi connectivity index (χ3n) is 4.64. The molecule has 0 saturated carbocycles. The first-order valence-corrected chi connectivity index (χ1v) is 9.87. The molecule has 0 fully saturated rings. The fraction of sp³-hybridized carbons (Fsp3) is 0. The van der Waals surface area contributed by atoms with Crippen LogP contribution in [0.3, 0.4) is 0 Å². The fourth-order valence-electron chi connectivity index (χ4n) is 3.39. The van der Waals surface area contributed by atoms with Gasteiger partial charge >= 0.3 is 51.4 Å². The molecule has 0 heterocycles. The molecule has 0 aromatic heterocycles. The van der Waals surface area contributed by atoms with Crippen molar-refractivity contribution in [3.05, 3.63) is 109 Å². The largest absolute Gasteiger partial charge is 1.00 e. The van der Waals surface area contributed by atoms with Gasteiger partial charge in [-0.25, -0.2) is 0 Å². The van der Waals surface area contributed by atoms with Gasteiger partial charge in [-0.05, 0) is 23.3 Å². The van der Waals surface area contributed by atoms with Crippen LogP contribution < -0.4 is 56.3 Å². The number of thiocarbonyl (C=S) groups is 1. The molecule has 4 aromatic rings. The second-order valence-electron chi connectivity index (χ2n) is 6.37. The van der Waals surface area contributed by atoms with Crippen LogP contribution in [0.1, 0.15) is 0 Å². The zero-order valence-corrected chi connectivity index (χ0v) is 20.9. The molecular weight excluding hydrogens is 418 g/mol. The second-order valence-corrected chi connectivity index (χ2v) is 7.40. The van der Waals surface area contributed by atoms with Crippen molar-refractivity contribution in [3.8, 4) is 22.3 Å². The van der Waals surface area contributed by atoms with Gasteiger partial charge in [0.2, 0.25) is 0 Å². The average Bonchev–Trinajstić information content (AvgIpc) is 2.76. The van der Waals surface area contributed by atoms with E-state index < -0.39 is 0 Å². The third-order valence-corrected chi connectivity index (χ3v) is 5.01. The van der Waals surface area contributed by atoms with E-state index in [0.717, 1.165) is 33.6 Å². The summed E-state index contributed by atoms with van der Waals surface area (Å²) in [5.74, 6) is 0. The second kappa shape index (κ2) is 10.6. The average molecular weight is 436 g/mol. The Morgan fingerprint density at radius 1 is 0.552 bits per heavy atom. The smallest absolute Gasteiger partial charge is 0.411 e. The molecule has 0 aliphatic heterocycles. The summed E-state index contributed by atoms with van der Waals surface area (Å²) < 4.78 is 0.395. The summed E-state index contributed by atoms with van der Waals surface area (Å²) in [5, 5.41) is 0. The van der Waals surface area contributed by atoms with Crippen LogP contribution in [0.15, 0.2) is 109 Å². The predicted octanol–water partition coefficient (Wildman–Crippen LogP) is 3.99. The summed E-state index contributed by atoms with van der Waals surface area (Å²) >= 11 is 11.1. The van der Waals surface area contributed by atoms with E-state index in [9.17, 15) is 0 Å². The first kappa shape index (κ1) is 22.3. The van der Waals surface area contributed by atoms with Gasteiger partial charge in [-0.3, -0.25) is 0 Å². The predicted molar refractivity (Wildman–Crippen MR) is 126 cm³/mol. The number of rotatable bonds is 4. The standard InChI is InChI=1S/C25H19NS2.K/c27-25(28)26(23-17-9-7-15-21(23)19-11-3-1-4-12-19)24-18-10-8-16-22(24)20-13-5-2-6-14-20;/h1-18H,(H,27,28);/q;+1/p-1. The molecule has 0 unspecified atom stereocenters. The maximum absolute atomic E-state index is 5.54. The Morgan fingerprint density at radius 3 is 1.28 bits per heavy atom. The molecule has 0 aliphatic rings. The van der Waals surface area contributed by atoms with Gasteiger partial charge in [0.25, 0.3) is 0 Å². The van der Waals surface area contributed by atoms with E-state index in [2.05, 4.69) is 48.5 Å². The number of benzene rings is 4. The zero-order chi connectivity index (χ0) is 19.3. The van der Waals surface area contributed by atoms with Gasteiger partial charge in [-0.2, -0.15) is 0 Å². The molecule has 0 aliphatic carbocycles. The van der Waals surface area contributed by atoms with Crippen molar-refractivity contribution >= 4 is 40.5 Å². The third kappa shape index (κ3) is 5.04. The van der Waals surface area contributed by atoms with E-state index in [0.29, 0.717) is 4.32 Å². The zero-order valence-electron chi connectivity index (χ0n) is 16.2. The quantitative estimate of drug-likeness (QED) is 0.271. The molecule has 0 radical (unpaired) electrons. The Morgan fingerprint density at radius 2 is 0.897 bits per heavy atom. The summed E-state index contributed by atoms with van der Waals surface area (Å²) in [6.45, 7) is 0. The minimum atomic E-state index is 0. The van der Waals surface area contributed by atoms with Gasteiger partial charge in [-0.1, -0.05) is 101 Å². The first-order chi connectivity index (χ1) is 13.8. The van der Waals surface area contributed by atoms with Gasteiger partial charge in [0.1, 0.15) is 0 Å². The van der Waals surface area contributed by atoms with Gasteiger partial charge in [0.15, 0.2) is 0 Å². The van der Waals surface area contributed by atoms with Gasteiger partial charge in [0.05, 0.1) is 11.4 Å². The molecule has 0 atom stereocenters. The van der Waals surface area contributed by atoms with Crippen molar-refractivity contribution in [2.24, 2.45) is 0 Å². The van der Waals surface area contributed by atoms with Crippen LogP contribution in [0.25, 0.3) is 22.3 Å². The van der Waals surface area contributed by atoms with E-state index in [1.165, 1.54) is 0 Å². The molecule has 0 saturated heterocycles. The van der Waals surface area contributed by atoms with Crippen molar-refractivity contribution < 1.29 is 51.4 Å². The van der Waals surface area contributed by atoms with E-state index in [-0.39, 0.29) is 51.4 Å². The molecule has 0 N–H and O–H groups in total. The van der Waals surface area contributed by atoms with Crippen LogP contribution in [0.2, 0.25) is 0 Å². The Hall–Kier alpha value is -1.37. The van der Waals surface area contributed by atoms with Crippen LogP contribution in [-0.2, 0) is 12.6 Å². The number of para-hydroxylation sites is 2. The molecule has 0 amide bonds. The van der Waals surface area contributed by atoms with Crippen molar-refractivity contribution in [1.29, 1.82) is 0 Å². The topological polar surface area (TPSA) is 3.24 Å². The Bertz CT molecular complexity index is 1010. The van der Waals surface area contributed by atoms with Gasteiger partial charge in [0, 0.05) is 11.1 Å². The first-order valence-electron chi connectivity index (χ1n) is 9.06.